The summed E-state index contributed by atoms with van der Waals surface area (Å²) in [6, 6.07) is 6.81. The first-order chi connectivity index (χ1) is 9.69. The third kappa shape index (κ3) is 3.78. The van der Waals surface area contributed by atoms with Crippen LogP contribution >= 0.6 is 0 Å². The van der Waals surface area contributed by atoms with Gasteiger partial charge in [-0.2, -0.15) is 0 Å². The van der Waals surface area contributed by atoms with Crippen molar-refractivity contribution in [1.29, 1.82) is 0 Å². The van der Waals surface area contributed by atoms with Gasteiger partial charge >= 0.3 is 5.97 Å². The lowest BCUT2D eigenvalue weighted by atomic mass is 10.2. The Labute approximate surface area is 117 Å². The van der Waals surface area contributed by atoms with Gasteiger partial charge in [-0.3, -0.25) is 9.97 Å². The number of nitrogens with zero attached hydrogens (tertiary/aromatic N) is 2. The number of aryl methyl sites for hydroxylation is 1. The summed E-state index contributed by atoms with van der Waals surface area (Å²) >= 11 is 0. The molecule has 0 atom stereocenters. The van der Waals surface area contributed by atoms with Gasteiger partial charge < -0.3 is 9.47 Å². The maximum absolute atomic E-state index is 11.5. The summed E-state index contributed by atoms with van der Waals surface area (Å²) in [4.78, 5) is 19.8. The fourth-order valence-electron chi connectivity index (χ4n) is 1.64. The van der Waals surface area contributed by atoms with Crippen LogP contribution in [0.2, 0.25) is 0 Å². The SMILES string of the molecule is CCOC(=O)c1ccc(OCc2cncc(C)n2)cc1. The van der Waals surface area contributed by atoms with Crippen LogP contribution < -0.4 is 4.74 Å². The van der Waals surface area contributed by atoms with E-state index in [2.05, 4.69) is 9.97 Å². The molecular formula is C15H16N2O3. The fourth-order valence-corrected chi connectivity index (χ4v) is 1.64. The normalized spacial score (nSPS) is 10.1. The highest BCUT2D eigenvalue weighted by Crippen LogP contribution is 2.14. The van der Waals surface area contributed by atoms with Crippen molar-refractivity contribution in [3.63, 3.8) is 0 Å². The topological polar surface area (TPSA) is 61.3 Å². The van der Waals surface area contributed by atoms with Gasteiger partial charge in [0.2, 0.25) is 0 Å². The number of carbonyl (C=O) groups excluding carboxylic acids is 1. The minimum atomic E-state index is -0.330. The van der Waals surface area contributed by atoms with Gasteiger partial charge in [-0.05, 0) is 38.1 Å². The van der Waals surface area contributed by atoms with Gasteiger partial charge in [-0.1, -0.05) is 0 Å². The van der Waals surface area contributed by atoms with Crippen LogP contribution in [0.25, 0.3) is 0 Å². The molecule has 0 saturated carbocycles. The zero-order chi connectivity index (χ0) is 14.4. The smallest absolute Gasteiger partial charge is 0.338 e. The predicted molar refractivity (Wildman–Crippen MR) is 73.5 cm³/mol. The number of carbonyl (C=O) groups is 1. The highest BCUT2D eigenvalue weighted by Gasteiger charge is 2.06. The zero-order valence-electron chi connectivity index (χ0n) is 11.5. The van der Waals surface area contributed by atoms with Gasteiger partial charge in [0, 0.05) is 6.20 Å². The van der Waals surface area contributed by atoms with E-state index in [1.54, 1.807) is 43.6 Å². The number of rotatable bonds is 5. The van der Waals surface area contributed by atoms with E-state index in [4.69, 9.17) is 9.47 Å². The molecule has 2 aromatic rings. The maximum atomic E-state index is 11.5. The third-order valence-corrected chi connectivity index (χ3v) is 2.56. The van der Waals surface area contributed by atoms with Gasteiger partial charge in [-0.25, -0.2) is 4.79 Å². The molecule has 0 spiro atoms. The minimum Gasteiger partial charge on any atom is -0.487 e. The number of aromatic nitrogens is 2. The van der Waals surface area contributed by atoms with Crippen molar-refractivity contribution in [2.24, 2.45) is 0 Å². The first kappa shape index (κ1) is 14.0. The van der Waals surface area contributed by atoms with Crippen LogP contribution in [-0.4, -0.2) is 22.5 Å². The summed E-state index contributed by atoms with van der Waals surface area (Å²) in [5, 5.41) is 0. The van der Waals surface area contributed by atoms with Crippen LogP contribution in [0.4, 0.5) is 0 Å². The van der Waals surface area contributed by atoms with Crippen molar-refractivity contribution in [2.75, 3.05) is 6.61 Å². The molecule has 0 aliphatic heterocycles. The molecule has 0 aliphatic rings. The average Bonchev–Trinajstić information content (AvgIpc) is 2.46. The first-order valence-corrected chi connectivity index (χ1v) is 6.36. The van der Waals surface area contributed by atoms with Crippen LogP contribution in [0.15, 0.2) is 36.7 Å². The summed E-state index contributed by atoms with van der Waals surface area (Å²) in [5.74, 6) is 0.338. The van der Waals surface area contributed by atoms with E-state index in [0.29, 0.717) is 24.5 Å². The van der Waals surface area contributed by atoms with E-state index in [1.165, 1.54) is 0 Å². The summed E-state index contributed by atoms with van der Waals surface area (Å²) in [6.07, 6.45) is 3.36. The van der Waals surface area contributed by atoms with Gasteiger partial charge in [0.05, 0.1) is 29.8 Å². The van der Waals surface area contributed by atoms with Gasteiger partial charge in [-0.15, -0.1) is 0 Å². The Morgan fingerprint density at radius 1 is 1.20 bits per heavy atom. The van der Waals surface area contributed by atoms with Crippen molar-refractivity contribution >= 4 is 5.97 Å². The van der Waals surface area contributed by atoms with Gasteiger partial charge in [0.1, 0.15) is 12.4 Å². The molecule has 0 unspecified atom stereocenters. The lowest BCUT2D eigenvalue weighted by Gasteiger charge is -2.07. The second-order valence-corrected chi connectivity index (χ2v) is 4.19. The van der Waals surface area contributed by atoms with Crippen LogP contribution in [0.1, 0.15) is 28.7 Å². The molecule has 1 aromatic carbocycles. The van der Waals surface area contributed by atoms with Crippen LogP contribution in [0.3, 0.4) is 0 Å². The molecule has 20 heavy (non-hydrogen) atoms. The van der Waals surface area contributed by atoms with E-state index in [0.717, 1.165) is 11.4 Å². The molecular weight excluding hydrogens is 256 g/mol. The summed E-state index contributed by atoms with van der Waals surface area (Å²) in [7, 11) is 0. The first-order valence-electron chi connectivity index (χ1n) is 6.36. The largest absolute Gasteiger partial charge is 0.487 e. The number of hydrogen-bond donors (Lipinski definition) is 0. The lowest BCUT2D eigenvalue weighted by Crippen LogP contribution is -2.04. The van der Waals surface area contributed by atoms with E-state index in [9.17, 15) is 4.79 Å². The predicted octanol–water partition coefficient (Wildman–Crippen LogP) is 2.54. The van der Waals surface area contributed by atoms with Crippen molar-refractivity contribution in [3.05, 3.63) is 53.6 Å². The van der Waals surface area contributed by atoms with Crippen molar-refractivity contribution in [2.45, 2.75) is 20.5 Å². The Hall–Kier alpha value is -2.43. The Morgan fingerprint density at radius 2 is 1.95 bits per heavy atom. The fraction of sp³-hybridized carbons (Fsp3) is 0.267. The zero-order valence-corrected chi connectivity index (χ0v) is 11.5. The summed E-state index contributed by atoms with van der Waals surface area (Å²) in [6.45, 7) is 4.36. The van der Waals surface area contributed by atoms with E-state index in [-0.39, 0.29) is 5.97 Å². The molecule has 1 heterocycles. The molecule has 0 aliphatic carbocycles. The molecule has 0 saturated heterocycles. The van der Waals surface area contributed by atoms with E-state index >= 15 is 0 Å². The third-order valence-electron chi connectivity index (χ3n) is 2.56. The molecule has 0 amide bonds. The summed E-state index contributed by atoms with van der Waals surface area (Å²) < 4.78 is 10.5. The standard InChI is InChI=1S/C15H16N2O3/c1-3-19-15(18)12-4-6-14(7-5-12)20-10-13-9-16-8-11(2)17-13/h4-9H,3,10H2,1-2H3. The van der Waals surface area contributed by atoms with Crippen molar-refractivity contribution in [3.8, 4) is 5.75 Å². The molecule has 0 bridgehead atoms. The number of esters is 1. The lowest BCUT2D eigenvalue weighted by molar-refractivity contribution is 0.0526. The molecule has 2 rings (SSSR count). The second kappa shape index (κ2) is 6.65. The highest BCUT2D eigenvalue weighted by molar-refractivity contribution is 5.89. The van der Waals surface area contributed by atoms with Gasteiger partial charge in [0.15, 0.2) is 0 Å². The second-order valence-electron chi connectivity index (χ2n) is 4.19. The number of ether oxygens (including phenoxy) is 2. The monoisotopic (exact) mass is 272 g/mol. The van der Waals surface area contributed by atoms with E-state index < -0.39 is 0 Å². The number of benzene rings is 1. The summed E-state index contributed by atoms with van der Waals surface area (Å²) in [5.41, 5.74) is 2.12. The van der Waals surface area contributed by atoms with Gasteiger partial charge in [0.25, 0.3) is 0 Å². The Bertz CT molecular complexity index is 582. The molecule has 5 nitrogen and oxygen atoms in total. The molecule has 104 valence electrons. The molecule has 0 radical (unpaired) electrons. The van der Waals surface area contributed by atoms with E-state index in [1.807, 2.05) is 6.92 Å². The number of hydrogen-bond acceptors (Lipinski definition) is 5. The van der Waals surface area contributed by atoms with Crippen LogP contribution in [-0.2, 0) is 11.3 Å². The molecule has 1 aromatic heterocycles. The quantitative estimate of drug-likeness (QED) is 0.783. The van der Waals surface area contributed by atoms with Crippen molar-refractivity contribution < 1.29 is 14.3 Å². The molecule has 0 fully saturated rings. The van der Waals surface area contributed by atoms with Crippen molar-refractivity contribution in [1.82, 2.24) is 9.97 Å². The van der Waals surface area contributed by atoms with Crippen LogP contribution in [0, 0.1) is 6.92 Å². The average molecular weight is 272 g/mol. The highest BCUT2D eigenvalue weighted by atomic mass is 16.5. The Morgan fingerprint density at radius 3 is 2.60 bits per heavy atom. The maximum Gasteiger partial charge on any atom is 0.338 e. The molecule has 5 heteroatoms. The minimum absolute atomic E-state index is 0.330. The van der Waals surface area contributed by atoms with Crippen LogP contribution in [0.5, 0.6) is 5.75 Å². The Kier molecular flexibility index (Phi) is 4.65. The molecule has 0 N–H and O–H groups in total. The Balaban J connectivity index is 1.95.